The van der Waals surface area contributed by atoms with Crippen LogP contribution in [0.2, 0.25) is 0 Å². The summed E-state index contributed by atoms with van der Waals surface area (Å²) in [7, 11) is 0. The van der Waals surface area contributed by atoms with Gasteiger partial charge in [0.15, 0.2) is 0 Å². The molecule has 33 heavy (non-hydrogen) atoms. The van der Waals surface area contributed by atoms with Crippen molar-refractivity contribution < 1.29 is 29.3 Å². The summed E-state index contributed by atoms with van der Waals surface area (Å²) in [5.41, 5.74) is 4.58. The molecule has 2 aliphatic carbocycles. The average Bonchev–Trinajstić information content (AvgIpc) is 3.61. The van der Waals surface area contributed by atoms with Gasteiger partial charge in [-0.2, -0.15) is 0 Å². The number of carbonyl (C=O) groups is 3. The van der Waals surface area contributed by atoms with E-state index in [9.17, 15) is 14.4 Å². The number of aliphatic carboxylic acids is 1. The molecule has 1 fully saturated rings. The standard InChI is InChI=1S/C25H28N2O6/c28-13-22(24(30)31)27-23(29)11-16(15-9-10-15)12-26-25(32)33-14-21-19-7-3-1-5-17(19)18-6-2-4-8-20(18)21/h1-8,15-16,21-22,28H,9-14H2,(H,26,32)(H,27,29)(H,30,31). The Balaban J connectivity index is 1.30. The number of rotatable bonds is 10. The van der Waals surface area contributed by atoms with E-state index in [1.807, 2.05) is 24.3 Å². The van der Waals surface area contributed by atoms with Gasteiger partial charge < -0.3 is 25.6 Å². The normalized spacial score (nSPS) is 16.3. The quantitative estimate of drug-likeness (QED) is 0.439. The highest BCUT2D eigenvalue weighted by Gasteiger charge is 2.34. The Morgan fingerprint density at radius 1 is 1.00 bits per heavy atom. The molecule has 2 aliphatic rings. The lowest BCUT2D eigenvalue weighted by molar-refractivity contribution is -0.143. The van der Waals surface area contributed by atoms with Crippen molar-refractivity contribution in [3.8, 4) is 11.1 Å². The van der Waals surface area contributed by atoms with Gasteiger partial charge in [-0.3, -0.25) is 4.79 Å². The minimum atomic E-state index is -1.33. The number of carboxylic acids is 1. The molecule has 0 spiro atoms. The first-order valence-electron chi connectivity index (χ1n) is 11.2. The van der Waals surface area contributed by atoms with Gasteiger partial charge in [-0.15, -0.1) is 0 Å². The Bertz CT molecular complexity index is 990. The first kappa shape index (κ1) is 22.8. The number of aliphatic hydroxyl groups excluding tert-OH is 1. The van der Waals surface area contributed by atoms with Crippen molar-refractivity contribution in [2.24, 2.45) is 11.8 Å². The summed E-state index contributed by atoms with van der Waals surface area (Å²) < 4.78 is 5.55. The van der Waals surface area contributed by atoms with E-state index in [1.54, 1.807) is 0 Å². The van der Waals surface area contributed by atoms with Gasteiger partial charge in [-0.1, -0.05) is 48.5 Å². The van der Waals surface area contributed by atoms with E-state index in [-0.39, 0.29) is 31.4 Å². The Labute approximate surface area is 192 Å². The van der Waals surface area contributed by atoms with Crippen LogP contribution in [0, 0.1) is 11.8 Å². The molecule has 4 N–H and O–H groups in total. The topological polar surface area (TPSA) is 125 Å². The second-order valence-electron chi connectivity index (χ2n) is 8.65. The molecule has 0 saturated heterocycles. The summed E-state index contributed by atoms with van der Waals surface area (Å²) in [5.74, 6) is -1.58. The van der Waals surface area contributed by atoms with Crippen LogP contribution in [0.25, 0.3) is 11.1 Å². The number of alkyl carbamates (subject to hydrolysis) is 1. The van der Waals surface area contributed by atoms with Crippen LogP contribution in [-0.4, -0.2) is 54.0 Å². The van der Waals surface area contributed by atoms with Crippen molar-refractivity contribution in [3.05, 3.63) is 59.7 Å². The molecule has 4 rings (SSSR count). The highest BCUT2D eigenvalue weighted by Crippen LogP contribution is 2.44. The Morgan fingerprint density at radius 2 is 1.61 bits per heavy atom. The van der Waals surface area contributed by atoms with Crippen molar-refractivity contribution in [3.63, 3.8) is 0 Å². The molecule has 1 saturated carbocycles. The minimum absolute atomic E-state index is 0.0282. The zero-order valence-corrected chi connectivity index (χ0v) is 18.2. The molecule has 0 aliphatic heterocycles. The number of aliphatic hydroxyl groups is 1. The van der Waals surface area contributed by atoms with E-state index in [1.165, 1.54) is 0 Å². The van der Waals surface area contributed by atoms with Crippen LogP contribution in [0.5, 0.6) is 0 Å². The van der Waals surface area contributed by atoms with Crippen LogP contribution in [0.15, 0.2) is 48.5 Å². The summed E-state index contributed by atoms with van der Waals surface area (Å²) >= 11 is 0. The van der Waals surface area contributed by atoms with Crippen LogP contribution in [0.3, 0.4) is 0 Å². The fourth-order valence-electron chi connectivity index (χ4n) is 4.51. The van der Waals surface area contributed by atoms with E-state index in [4.69, 9.17) is 14.9 Å². The molecule has 0 radical (unpaired) electrons. The molecule has 174 valence electrons. The first-order valence-corrected chi connectivity index (χ1v) is 11.2. The molecule has 2 aromatic rings. The summed E-state index contributed by atoms with van der Waals surface area (Å²) in [6.07, 6.45) is 1.47. The zero-order valence-electron chi connectivity index (χ0n) is 18.2. The van der Waals surface area contributed by atoms with Gasteiger partial charge >= 0.3 is 12.1 Å². The number of benzene rings is 2. The summed E-state index contributed by atoms with van der Waals surface area (Å²) in [5, 5.41) is 23.1. The Hall–Kier alpha value is -3.39. The lowest BCUT2D eigenvalue weighted by atomic mass is 9.98. The summed E-state index contributed by atoms with van der Waals surface area (Å²) in [4.78, 5) is 35.6. The molecule has 0 aromatic heterocycles. The number of carboxylic acid groups (broad SMARTS) is 1. The van der Waals surface area contributed by atoms with Gasteiger partial charge in [0.2, 0.25) is 5.91 Å². The average molecular weight is 453 g/mol. The molecule has 8 nitrogen and oxygen atoms in total. The third-order valence-corrected chi connectivity index (χ3v) is 6.40. The fourth-order valence-corrected chi connectivity index (χ4v) is 4.51. The maximum Gasteiger partial charge on any atom is 0.407 e. The van der Waals surface area contributed by atoms with Crippen LogP contribution >= 0.6 is 0 Å². The number of carbonyl (C=O) groups excluding carboxylic acids is 2. The van der Waals surface area contributed by atoms with Gasteiger partial charge in [0, 0.05) is 18.9 Å². The van der Waals surface area contributed by atoms with Crippen LogP contribution < -0.4 is 10.6 Å². The summed E-state index contributed by atoms with van der Waals surface area (Å²) in [6, 6.07) is 14.9. The molecule has 2 amide bonds. The molecule has 8 heteroatoms. The maximum absolute atomic E-state index is 12.4. The van der Waals surface area contributed by atoms with Gasteiger partial charge in [-0.05, 0) is 46.9 Å². The number of hydrogen-bond acceptors (Lipinski definition) is 5. The third kappa shape index (κ3) is 5.34. The highest BCUT2D eigenvalue weighted by molar-refractivity contribution is 5.84. The second-order valence-corrected chi connectivity index (χ2v) is 8.65. The van der Waals surface area contributed by atoms with Crippen molar-refractivity contribution in [2.75, 3.05) is 19.8 Å². The van der Waals surface area contributed by atoms with Gasteiger partial charge in [0.1, 0.15) is 12.6 Å². The zero-order chi connectivity index (χ0) is 23.4. The van der Waals surface area contributed by atoms with E-state index in [2.05, 4.69) is 34.9 Å². The maximum atomic E-state index is 12.4. The molecule has 0 heterocycles. The van der Waals surface area contributed by atoms with Gasteiger partial charge in [-0.25, -0.2) is 9.59 Å². The molecular formula is C25H28N2O6. The predicted molar refractivity (Wildman–Crippen MR) is 121 cm³/mol. The lowest BCUT2D eigenvalue weighted by Crippen LogP contribution is -2.44. The second kappa shape index (κ2) is 10.0. The molecular weight excluding hydrogens is 424 g/mol. The third-order valence-electron chi connectivity index (χ3n) is 6.40. The number of amides is 2. The molecule has 0 bridgehead atoms. The lowest BCUT2D eigenvalue weighted by Gasteiger charge is -2.19. The van der Waals surface area contributed by atoms with E-state index < -0.39 is 30.6 Å². The van der Waals surface area contributed by atoms with Crippen LogP contribution in [0.1, 0.15) is 36.3 Å². The monoisotopic (exact) mass is 452 g/mol. The number of hydrogen-bond donors (Lipinski definition) is 4. The molecule has 2 aromatic carbocycles. The van der Waals surface area contributed by atoms with E-state index in [0.29, 0.717) is 5.92 Å². The molecule has 2 unspecified atom stereocenters. The van der Waals surface area contributed by atoms with Crippen molar-refractivity contribution in [1.82, 2.24) is 10.6 Å². The van der Waals surface area contributed by atoms with Crippen molar-refractivity contribution in [1.29, 1.82) is 0 Å². The SMILES string of the molecule is O=C(CC(CNC(=O)OCC1c2ccccc2-c2ccccc21)C1CC1)NC(CO)C(=O)O. The molecule has 2 atom stereocenters. The minimum Gasteiger partial charge on any atom is -0.480 e. The van der Waals surface area contributed by atoms with E-state index >= 15 is 0 Å². The Morgan fingerprint density at radius 3 is 2.15 bits per heavy atom. The van der Waals surface area contributed by atoms with Gasteiger partial charge in [0.25, 0.3) is 0 Å². The van der Waals surface area contributed by atoms with Crippen molar-refractivity contribution >= 4 is 18.0 Å². The largest absolute Gasteiger partial charge is 0.480 e. The predicted octanol–water partition coefficient (Wildman–Crippen LogP) is 2.50. The fraction of sp³-hybridized carbons (Fsp3) is 0.400. The summed E-state index contributed by atoms with van der Waals surface area (Å²) in [6.45, 7) is -0.190. The smallest absolute Gasteiger partial charge is 0.407 e. The van der Waals surface area contributed by atoms with Crippen LogP contribution in [-0.2, 0) is 14.3 Å². The number of fused-ring (bicyclic) bond motifs is 3. The highest BCUT2D eigenvalue weighted by atomic mass is 16.5. The Kier molecular flexibility index (Phi) is 6.93. The first-order chi connectivity index (χ1) is 16.0. The number of ether oxygens (including phenoxy) is 1. The van der Waals surface area contributed by atoms with Crippen LogP contribution in [0.4, 0.5) is 4.79 Å². The number of nitrogens with one attached hydrogen (secondary N) is 2. The van der Waals surface area contributed by atoms with Crippen molar-refractivity contribution in [2.45, 2.75) is 31.2 Å². The van der Waals surface area contributed by atoms with E-state index in [0.717, 1.165) is 35.1 Å². The van der Waals surface area contributed by atoms with Gasteiger partial charge in [0.05, 0.1) is 6.61 Å².